The molecule has 0 unspecified atom stereocenters. The maximum Gasteiger partial charge on any atom is 0.130 e. The van der Waals surface area contributed by atoms with Crippen molar-refractivity contribution in [2.75, 3.05) is 0 Å². The van der Waals surface area contributed by atoms with Gasteiger partial charge in [-0.2, -0.15) is 0 Å². The second kappa shape index (κ2) is 4.17. The van der Waals surface area contributed by atoms with Crippen LogP contribution in [-0.4, -0.2) is 15.0 Å². The zero-order valence-electron chi connectivity index (χ0n) is 8.88. The molecule has 0 aliphatic carbocycles. The van der Waals surface area contributed by atoms with Gasteiger partial charge in [-0.25, -0.2) is 9.97 Å². The van der Waals surface area contributed by atoms with Crippen molar-refractivity contribution in [2.45, 2.75) is 19.8 Å². The van der Waals surface area contributed by atoms with E-state index < -0.39 is 0 Å². The number of rotatable bonds is 2. The number of nitrogens with zero attached hydrogens (tertiary/aromatic N) is 3. The SMILES string of the molecule is CC(C)c1ncc(-c2ccccn2)cn1. The molecule has 0 fully saturated rings. The minimum atomic E-state index is 0.364. The standard InChI is InChI=1S/C12H13N3/c1-9(2)12-14-7-10(8-15-12)11-5-3-4-6-13-11/h3-9H,1-2H3. The third-order valence-electron chi connectivity index (χ3n) is 2.15. The van der Waals surface area contributed by atoms with E-state index in [1.165, 1.54) is 0 Å². The summed E-state index contributed by atoms with van der Waals surface area (Å²) in [5.41, 5.74) is 1.87. The topological polar surface area (TPSA) is 38.7 Å². The van der Waals surface area contributed by atoms with Gasteiger partial charge >= 0.3 is 0 Å². The highest BCUT2D eigenvalue weighted by Crippen LogP contribution is 2.15. The molecule has 76 valence electrons. The number of hydrogen-bond donors (Lipinski definition) is 0. The van der Waals surface area contributed by atoms with Crippen molar-refractivity contribution in [3.63, 3.8) is 0 Å². The molecule has 0 aromatic carbocycles. The molecule has 0 radical (unpaired) electrons. The maximum absolute atomic E-state index is 4.30. The van der Waals surface area contributed by atoms with Crippen molar-refractivity contribution in [3.8, 4) is 11.3 Å². The van der Waals surface area contributed by atoms with Gasteiger partial charge in [0.1, 0.15) is 5.82 Å². The molecule has 2 rings (SSSR count). The van der Waals surface area contributed by atoms with Crippen LogP contribution in [0.1, 0.15) is 25.6 Å². The number of hydrogen-bond acceptors (Lipinski definition) is 3. The summed E-state index contributed by atoms with van der Waals surface area (Å²) in [6.07, 6.45) is 5.42. The lowest BCUT2D eigenvalue weighted by atomic mass is 10.2. The Kier molecular flexibility index (Phi) is 2.72. The minimum absolute atomic E-state index is 0.364. The van der Waals surface area contributed by atoms with Crippen LogP contribution < -0.4 is 0 Å². The third kappa shape index (κ3) is 2.18. The maximum atomic E-state index is 4.30. The van der Waals surface area contributed by atoms with Crippen molar-refractivity contribution in [3.05, 3.63) is 42.6 Å². The van der Waals surface area contributed by atoms with Gasteiger partial charge < -0.3 is 0 Å². The summed E-state index contributed by atoms with van der Waals surface area (Å²) in [6, 6.07) is 5.80. The molecule has 0 aliphatic heterocycles. The zero-order chi connectivity index (χ0) is 10.7. The Labute approximate surface area is 89.2 Å². The molecule has 0 N–H and O–H groups in total. The van der Waals surface area contributed by atoms with Crippen LogP contribution in [0.3, 0.4) is 0 Å². The molecule has 0 spiro atoms. The van der Waals surface area contributed by atoms with Gasteiger partial charge in [-0.05, 0) is 12.1 Å². The molecule has 0 saturated heterocycles. The Hall–Kier alpha value is -1.77. The van der Waals surface area contributed by atoms with Gasteiger partial charge in [0.15, 0.2) is 0 Å². The molecule has 2 aromatic heterocycles. The Bertz CT molecular complexity index is 420. The molecule has 0 aliphatic rings. The van der Waals surface area contributed by atoms with Crippen LogP contribution in [0.5, 0.6) is 0 Å². The summed E-state index contributed by atoms with van der Waals surface area (Å²) >= 11 is 0. The summed E-state index contributed by atoms with van der Waals surface area (Å²) in [5, 5.41) is 0. The molecule has 15 heavy (non-hydrogen) atoms. The number of pyridine rings is 1. The van der Waals surface area contributed by atoms with Gasteiger partial charge in [0.05, 0.1) is 5.69 Å². The van der Waals surface area contributed by atoms with Crippen LogP contribution in [0.2, 0.25) is 0 Å². The van der Waals surface area contributed by atoms with Crippen LogP contribution in [0.15, 0.2) is 36.8 Å². The van der Waals surface area contributed by atoms with E-state index in [4.69, 9.17) is 0 Å². The summed E-state index contributed by atoms with van der Waals surface area (Å²) in [5.74, 6) is 1.23. The minimum Gasteiger partial charge on any atom is -0.256 e. The van der Waals surface area contributed by atoms with Crippen molar-refractivity contribution in [1.82, 2.24) is 15.0 Å². The Balaban J connectivity index is 2.32. The predicted molar refractivity (Wildman–Crippen MR) is 59.4 cm³/mol. The fraction of sp³-hybridized carbons (Fsp3) is 0.250. The largest absolute Gasteiger partial charge is 0.256 e. The van der Waals surface area contributed by atoms with E-state index in [-0.39, 0.29) is 0 Å². The molecule has 3 nitrogen and oxygen atoms in total. The second-order valence-corrected chi connectivity index (χ2v) is 3.70. The van der Waals surface area contributed by atoms with Gasteiger partial charge in [-0.3, -0.25) is 4.98 Å². The molecule has 0 saturated carbocycles. The van der Waals surface area contributed by atoms with Gasteiger partial charge in [-0.1, -0.05) is 19.9 Å². The molecule has 2 heterocycles. The summed E-state index contributed by atoms with van der Waals surface area (Å²) in [6.45, 7) is 4.16. The Morgan fingerprint density at radius 1 is 1.00 bits per heavy atom. The van der Waals surface area contributed by atoms with Crippen LogP contribution in [0.25, 0.3) is 11.3 Å². The van der Waals surface area contributed by atoms with Gasteiger partial charge in [-0.15, -0.1) is 0 Å². The first-order valence-corrected chi connectivity index (χ1v) is 5.00. The van der Waals surface area contributed by atoms with Crippen LogP contribution in [-0.2, 0) is 0 Å². The van der Waals surface area contributed by atoms with Crippen molar-refractivity contribution in [2.24, 2.45) is 0 Å². The molecule has 3 heteroatoms. The normalized spacial score (nSPS) is 10.6. The summed E-state index contributed by atoms with van der Waals surface area (Å²) < 4.78 is 0. The molecule has 0 atom stereocenters. The average Bonchev–Trinajstić information content (AvgIpc) is 2.30. The van der Waals surface area contributed by atoms with E-state index in [1.54, 1.807) is 6.20 Å². The van der Waals surface area contributed by atoms with Gasteiger partial charge in [0, 0.05) is 30.1 Å². The van der Waals surface area contributed by atoms with E-state index in [9.17, 15) is 0 Å². The Morgan fingerprint density at radius 2 is 1.73 bits per heavy atom. The molecular formula is C12H13N3. The first-order valence-electron chi connectivity index (χ1n) is 5.00. The van der Waals surface area contributed by atoms with Gasteiger partial charge in [0.25, 0.3) is 0 Å². The second-order valence-electron chi connectivity index (χ2n) is 3.70. The highest BCUT2D eigenvalue weighted by Gasteiger charge is 2.03. The van der Waals surface area contributed by atoms with Crippen molar-refractivity contribution >= 4 is 0 Å². The summed E-state index contributed by atoms with van der Waals surface area (Å²) in [7, 11) is 0. The fourth-order valence-corrected chi connectivity index (χ4v) is 1.30. The first kappa shape index (κ1) is 9.77. The lowest BCUT2D eigenvalue weighted by Gasteiger charge is -2.03. The van der Waals surface area contributed by atoms with E-state index in [0.717, 1.165) is 17.1 Å². The first-order chi connectivity index (χ1) is 7.27. The summed E-state index contributed by atoms with van der Waals surface area (Å²) in [4.78, 5) is 12.9. The molecular weight excluding hydrogens is 186 g/mol. The lowest BCUT2D eigenvalue weighted by molar-refractivity contribution is 0.774. The molecule has 2 aromatic rings. The fourth-order valence-electron chi connectivity index (χ4n) is 1.30. The number of aromatic nitrogens is 3. The van der Waals surface area contributed by atoms with Crippen LogP contribution >= 0.6 is 0 Å². The van der Waals surface area contributed by atoms with E-state index >= 15 is 0 Å². The van der Waals surface area contributed by atoms with Crippen LogP contribution in [0.4, 0.5) is 0 Å². The van der Waals surface area contributed by atoms with Crippen molar-refractivity contribution in [1.29, 1.82) is 0 Å². The predicted octanol–water partition coefficient (Wildman–Crippen LogP) is 2.66. The van der Waals surface area contributed by atoms with E-state index in [2.05, 4.69) is 28.8 Å². The molecule has 0 bridgehead atoms. The third-order valence-corrected chi connectivity index (χ3v) is 2.15. The molecule has 0 amide bonds. The van der Waals surface area contributed by atoms with E-state index in [0.29, 0.717) is 5.92 Å². The van der Waals surface area contributed by atoms with Gasteiger partial charge in [0.2, 0.25) is 0 Å². The smallest absolute Gasteiger partial charge is 0.130 e. The highest BCUT2D eigenvalue weighted by molar-refractivity contribution is 5.55. The van der Waals surface area contributed by atoms with Crippen LogP contribution in [0, 0.1) is 0 Å². The monoisotopic (exact) mass is 199 g/mol. The lowest BCUT2D eigenvalue weighted by Crippen LogP contribution is -1.96. The van der Waals surface area contributed by atoms with Crippen molar-refractivity contribution < 1.29 is 0 Å². The highest BCUT2D eigenvalue weighted by atomic mass is 14.9. The average molecular weight is 199 g/mol. The zero-order valence-corrected chi connectivity index (χ0v) is 8.88. The quantitative estimate of drug-likeness (QED) is 0.746. The Morgan fingerprint density at radius 3 is 2.27 bits per heavy atom. The van der Waals surface area contributed by atoms with E-state index in [1.807, 2.05) is 30.6 Å².